The first-order valence-electron chi connectivity index (χ1n) is 5.89. The van der Waals surface area contributed by atoms with E-state index in [0.717, 1.165) is 20.0 Å². The van der Waals surface area contributed by atoms with Gasteiger partial charge in [-0.1, -0.05) is 26.2 Å². The number of benzene rings is 1. The third-order valence-electron chi connectivity index (χ3n) is 2.47. The summed E-state index contributed by atoms with van der Waals surface area (Å²) in [5, 5.41) is 11.1. The van der Waals surface area contributed by atoms with Crippen LogP contribution < -0.4 is 9.84 Å². The number of hydrogen-bond acceptors (Lipinski definition) is 3. The van der Waals surface area contributed by atoms with Crippen LogP contribution in [0.25, 0.3) is 0 Å². The molecule has 0 aromatic heterocycles. The third kappa shape index (κ3) is 4.91. The van der Waals surface area contributed by atoms with Crippen molar-refractivity contribution in [3.63, 3.8) is 0 Å². The van der Waals surface area contributed by atoms with E-state index in [-0.39, 0.29) is 5.56 Å². The second kappa shape index (κ2) is 8.19. The number of aromatic carboxylic acids is 1. The minimum Gasteiger partial charge on any atom is -0.545 e. The third-order valence-corrected chi connectivity index (χ3v) is 3.90. The zero-order valence-corrected chi connectivity index (χ0v) is 14.5. The van der Waals surface area contributed by atoms with E-state index < -0.39 is 5.97 Å². The predicted molar refractivity (Wildman–Crippen MR) is 85.8 cm³/mol. The molecule has 0 saturated heterocycles. The first-order chi connectivity index (χ1) is 8.56. The molecule has 100 valence electrons. The predicted octanol–water partition coefficient (Wildman–Crippen LogP) is 3.22. The van der Waals surface area contributed by atoms with Crippen LogP contribution in [0.15, 0.2) is 12.1 Å². The van der Waals surface area contributed by atoms with Crippen LogP contribution in [0.4, 0.5) is 0 Å². The Kier molecular flexibility index (Phi) is 7.28. The molecule has 0 fully saturated rings. The van der Waals surface area contributed by atoms with E-state index in [1.54, 1.807) is 6.07 Å². The van der Waals surface area contributed by atoms with Crippen molar-refractivity contribution < 1.29 is 14.6 Å². The van der Waals surface area contributed by atoms with E-state index in [1.165, 1.54) is 12.8 Å². The maximum absolute atomic E-state index is 11.1. The monoisotopic (exact) mass is 473 g/mol. The smallest absolute Gasteiger partial charge is 0.141 e. The maximum atomic E-state index is 11.1. The van der Waals surface area contributed by atoms with Gasteiger partial charge in [0, 0.05) is 9.13 Å². The number of carbonyl (C=O) groups excluding carboxylic acids is 1. The molecule has 1 aromatic carbocycles. The van der Waals surface area contributed by atoms with Crippen molar-refractivity contribution in [2.75, 3.05) is 6.61 Å². The first-order valence-corrected chi connectivity index (χ1v) is 8.05. The van der Waals surface area contributed by atoms with Gasteiger partial charge in [0.1, 0.15) is 5.75 Å². The van der Waals surface area contributed by atoms with Crippen LogP contribution in [0.2, 0.25) is 0 Å². The molecule has 0 heterocycles. The molecule has 1 aromatic rings. The van der Waals surface area contributed by atoms with Gasteiger partial charge in [-0.05, 0) is 63.7 Å². The number of halogens is 2. The zero-order chi connectivity index (χ0) is 13.5. The Balaban J connectivity index is 2.71. The lowest BCUT2D eigenvalue weighted by molar-refractivity contribution is -0.255. The van der Waals surface area contributed by atoms with E-state index >= 15 is 0 Å². The summed E-state index contributed by atoms with van der Waals surface area (Å²) < 4.78 is 7.28. The summed E-state index contributed by atoms with van der Waals surface area (Å²) in [6, 6.07) is 3.48. The molecule has 0 aliphatic heterocycles. The van der Waals surface area contributed by atoms with E-state index in [4.69, 9.17) is 4.74 Å². The molecule has 3 nitrogen and oxygen atoms in total. The molecule has 0 spiro atoms. The minimum absolute atomic E-state index is 0.141. The van der Waals surface area contributed by atoms with Crippen molar-refractivity contribution in [1.82, 2.24) is 0 Å². The molecule has 5 heteroatoms. The summed E-state index contributed by atoms with van der Waals surface area (Å²) in [6.45, 7) is 2.70. The molecule has 0 unspecified atom stereocenters. The Labute approximate surface area is 135 Å². The van der Waals surface area contributed by atoms with Crippen LogP contribution >= 0.6 is 45.2 Å². The van der Waals surface area contributed by atoms with Crippen molar-refractivity contribution in [2.24, 2.45) is 0 Å². The largest absolute Gasteiger partial charge is 0.545 e. The average Bonchev–Trinajstić information content (AvgIpc) is 2.30. The van der Waals surface area contributed by atoms with Crippen molar-refractivity contribution in [3.8, 4) is 5.75 Å². The number of rotatable bonds is 7. The highest BCUT2D eigenvalue weighted by atomic mass is 127. The Morgan fingerprint density at radius 2 is 2.00 bits per heavy atom. The lowest BCUT2D eigenvalue weighted by Crippen LogP contribution is -2.23. The van der Waals surface area contributed by atoms with Crippen LogP contribution in [-0.2, 0) is 0 Å². The van der Waals surface area contributed by atoms with Gasteiger partial charge in [0.25, 0.3) is 0 Å². The number of carbonyl (C=O) groups is 1. The maximum Gasteiger partial charge on any atom is 0.141 e. The molecule has 0 amide bonds. The van der Waals surface area contributed by atoms with Gasteiger partial charge >= 0.3 is 0 Å². The van der Waals surface area contributed by atoms with E-state index in [1.807, 2.05) is 6.07 Å². The lowest BCUT2D eigenvalue weighted by Gasteiger charge is -2.14. The quantitative estimate of drug-likeness (QED) is 0.452. The summed E-state index contributed by atoms with van der Waals surface area (Å²) in [5.74, 6) is -0.748. The zero-order valence-electron chi connectivity index (χ0n) is 10.2. The van der Waals surface area contributed by atoms with Gasteiger partial charge in [-0.2, -0.15) is 0 Å². The highest BCUT2D eigenvalue weighted by Gasteiger charge is 2.10. The number of carboxylic acids is 1. The Hall–Kier alpha value is -0.0500. The standard InChI is InChI=1S/C13H16I2O3/c1-2-3-4-5-6-18-12-10(13(16)17)7-9(14)8-11(12)15/h7-8H,2-6H2,1H3,(H,16,17)/p-1. The molecule has 0 saturated carbocycles. The van der Waals surface area contributed by atoms with Crippen LogP contribution in [0.5, 0.6) is 5.75 Å². The second-order valence-corrected chi connectivity index (χ2v) is 6.37. The fraction of sp³-hybridized carbons (Fsp3) is 0.462. The van der Waals surface area contributed by atoms with Gasteiger partial charge in [0.2, 0.25) is 0 Å². The molecular formula is C13H15I2O3-. The summed E-state index contributed by atoms with van der Waals surface area (Å²) in [4.78, 5) is 11.1. The summed E-state index contributed by atoms with van der Waals surface area (Å²) >= 11 is 4.18. The van der Waals surface area contributed by atoms with Crippen LogP contribution in [0, 0.1) is 7.14 Å². The van der Waals surface area contributed by atoms with Crippen LogP contribution in [-0.4, -0.2) is 12.6 Å². The van der Waals surface area contributed by atoms with Crippen molar-refractivity contribution in [1.29, 1.82) is 0 Å². The average molecular weight is 473 g/mol. The summed E-state index contributed by atoms with van der Waals surface area (Å²) in [7, 11) is 0. The molecule has 0 aliphatic carbocycles. The van der Waals surface area contributed by atoms with Gasteiger partial charge in [-0.25, -0.2) is 0 Å². The number of unbranched alkanes of at least 4 members (excludes halogenated alkanes) is 3. The van der Waals surface area contributed by atoms with Gasteiger partial charge in [-0.15, -0.1) is 0 Å². The molecule has 18 heavy (non-hydrogen) atoms. The molecule has 0 N–H and O–H groups in total. The fourth-order valence-electron chi connectivity index (χ4n) is 1.56. The fourth-order valence-corrected chi connectivity index (χ4v) is 3.56. The topological polar surface area (TPSA) is 49.4 Å². The molecule has 0 radical (unpaired) electrons. The first kappa shape index (κ1) is 16.0. The minimum atomic E-state index is -1.19. The number of carboxylic acid groups (broad SMARTS) is 1. The molecule has 0 atom stereocenters. The Morgan fingerprint density at radius 1 is 1.28 bits per heavy atom. The van der Waals surface area contributed by atoms with E-state index in [0.29, 0.717) is 12.4 Å². The second-order valence-electron chi connectivity index (χ2n) is 3.96. The van der Waals surface area contributed by atoms with Crippen LogP contribution in [0.1, 0.15) is 43.0 Å². The Bertz CT molecular complexity index is 419. The van der Waals surface area contributed by atoms with Crippen molar-refractivity contribution >= 4 is 51.2 Å². The molecule has 1 rings (SSSR count). The summed E-state index contributed by atoms with van der Waals surface area (Å²) in [5.41, 5.74) is 0.141. The highest BCUT2D eigenvalue weighted by Crippen LogP contribution is 2.28. The molecular weight excluding hydrogens is 458 g/mol. The van der Waals surface area contributed by atoms with E-state index in [2.05, 4.69) is 52.1 Å². The van der Waals surface area contributed by atoms with E-state index in [9.17, 15) is 9.90 Å². The van der Waals surface area contributed by atoms with Crippen molar-refractivity contribution in [3.05, 3.63) is 24.8 Å². The Morgan fingerprint density at radius 3 is 2.61 bits per heavy atom. The van der Waals surface area contributed by atoms with Gasteiger partial charge < -0.3 is 14.6 Å². The number of hydrogen-bond donors (Lipinski definition) is 0. The normalized spacial score (nSPS) is 10.4. The molecule has 0 aliphatic rings. The summed E-state index contributed by atoms with van der Waals surface area (Å²) in [6.07, 6.45) is 4.41. The van der Waals surface area contributed by atoms with Gasteiger partial charge in [0.15, 0.2) is 0 Å². The number of ether oxygens (including phenoxy) is 1. The van der Waals surface area contributed by atoms with Gasteiger partial charge in [-0.3, -0.25) is 0 Å². The molecule has 0 bridgehead atoms. The van der Waals surface area contributed by atoms with Crippen molar-refractivity contribution in [2.45, 2.75) is 32.6 Å². The SMILES string of the molecule is CCCCCCOc1c(I)cc(I)cc1C(=O)[O-]. The lowest BCUT2D eigenvalue weighted by atomic mass is 10.2. The highest BCUT2D eigenvalue weighted by molar-refractivity contribution is 14.1. The van der Waals surface area contributed by atoms with Crippen LogP contribution in [0.3, 0.4) is 0 Å². The van der Waals surface area contributed by atoms with Gasteiger partial charge in [0.05, 0.1) is 16.1 Å².